The molecule has 1 atom stereocenters. The fraction of sp³-hybridized carbons (Fsp3) is 0.652. The third-order valence-electron chi connectivity index (χ3n) is 6.60. The van der Waals surface area contributed by atoms with E-state index in [9.17, 15) is 19.2 Å². The van der Waals surface area contributed by atoms with Gasteiger partial charge in [0.05, 0.1) is 0 Å². The van der Waals surface area contributed by atoms with Crippen LogP contribution in [-0.2, 0) is 20.8 Å². The third kappa shape index (κ3) is 5.14. The smallest absolute Gasteiger partial charge is 0.325 e. The summed E-state index contributed by atoms with van der Waals surface area (Å²) in [7, 11) is 3.37. The van der Waals surface area contributed by atoms with Crippen LogP contribution in [0.5, 0.6) is 0 Å². The standard InChI is InChI=1S/C23H34N4O4S/c1-4-12-23(21(30)27(22(31)24-23)15-11-18-6-5-16-32-18)17-9-13-26(14-10-17)20(29)8-7-19(28)25(2)3/h5-6,16-17H,4,7-15H2,1-3H3,(H,24,31). The molecule has 1 unspecified atom stereocenters. The molecule has 0 spiro atoms. The molecular formula is C23H34N4O4S. The normalized spacial score (nSPS) is 21.7. The average Bonchev–Trinajstić information content (AvgIpc) is 3.37. The van der Waals surface area contributed by atoms with Crippen molar-refractivity contribution >= 4 is 35.1 Å². The van der Waals surface area contributed by atoms with Gasteiger partial charge in [0.2, 0.25) is 11.8 Å². The van der Waals surface area contributed by atoms with Gasteiger partial charge >= 0.3 is 6.03 Å². The second kappa shape index (κ2) is 10.5. The Balaban J connectivity index is 1.61. The summed E-state index contributed by atoms with van der Waals surface area (Å²) < 4.78 is 0. The number of carbonyl (C=O) groups is 4. The molecule has 3 heterocycles. The number of carbonyl (C=O) groups excluding carboxylic acids is 4. The molecule has 2 fully saturated rings. The second-order valence-corrected chi connectivity index (χ2v) is 9.91. The Morgan fingerprint density at radius 3 is 2.53 bits per heavy atom. The van der Waals surface area contributed by atoms with Crippen molar-refractivity contribution in [1.82, 2.24) is 20.0 Å². The van der Waals surface area contributed by atoms with Crippen molar-refractivity contribution in [3.05, 3.63) is 22.4 Å². The molecule has 8 nitrogen and oxygen atoms in total. The lowest BCUT2D eigenvalue weighted by atomic mass is 9.74. The molecule has 2 aliphatic rings. The predicted octanol–water partition coefficient (Wildman–Crippen LogP) is 2.49. The number of imide groups is 1. The molecule has 0 radical (unpaired) electrons. The number of nitrogens with one attached hydrogen (secondary N) is 1. The minimum atomic E-state index is -0.878. The third-order valence-corrected chi connectivity index (χ3v) is 7.54. The molecule has 1 N–H and O–H groups in total. The maximum absolute atomic E-state index is 13.5. The van der Waals surface area contributed by atoms with E-state index in [0.29, 0.717) is 45.3 Å². The minimum absolute atomic E-state index is 0.00176. The second-order valence-electron chi connectivity index (χ2n) is 8.88. The van der Waals surface area contributed by atoms with Crippen molar-refractivity contribution in [3.63, 3.8) is 0 Å². The van der Waals surface area contributed by atoms with Gasteiger partial charge in [0.25, 0.3) is 5.91 Å². The van der Waals surface area contributed by atoms with Gasteiger partial charge in [-0.25, -0.2) is 4.79 Å². The van der Waals surface area contributed by atoms with Crippen LogP contribution < -0.4 is 5.32 Å². The quantitative estimate of drug-likeness (QED) is 0.571. The average molecular weight is 463 g/mol. The van der Waals surface area contributed by atoms with Gasteiger partial charge in [0.15, 0.2) is 0 Å². The summed E-state index contributed by atoms with van der Waals surface area (Å²) in [5.41, 5.74) is -0.878. The number of urea groups is 1. The molecule has 32 heavy (non-hydrogen) atoms. The lowest BCUT2D eigenvalue weighted by molar-refractivity contribution is -0.138. The Hall–Kier alpha value is -2.42. The van der Waals surface area contributed by atoms with Gasteiger partial charge in [0.1, 0.15) is 5.54 Å². The molecule has 176 valence electrons. The number of amides is 5. The van der Waals surface area contributed by atoms with Crippen LogP contribution >= 0.6 is 11.3 Å². The van der Waals surface area contributed by atoms with Crippen LogP contribution in [0, 0.1) is 5.92 Å². The molecule has 2 aliphatic heterocycles. The van der Waals surface area contributed by atoms with Crippen molar-refractivity contribution in [3.8, 4) is 0 Å². The van der Waals surface area contributed by atoms with E-state index in [2.05, 4.69) is 5.32 Å². The number of likely N-dealkylation sites (tertiary alicyclic amines) is 1. The van der Waals surface area contributed by atoms with Crippen molar-refractivity contribution < 1.29 is 19.2 Å². The van der Waals surface area contributed by atoms with Crippen molar-refractivity contribution in [2.45, 2.75) is 57.4 Å². The lowest BCUT2D eigenvalue weighted by Gasteiger charge is -2.41. The zero-order valence-corrected chi connectivity index (χ0v) is 20.1. The highest BCUT2D eigenvalue weighted by molar-refractivity contribution is 7.09. The Bertz CT molecular complexity index is 833. The van der Waals surface area contributed by atoms with E-state index in [1.165, 1.54) is 9.80 Å². The molecule has 3 rings (SSSR count). The van der Waals surface area contributed by atoms with Gasteiger partial charge in [0, 0.05) is 51.4 Å². The lowest BCUT2D eigenvalue weighted by Crippen LogP contribution is -2.56. The number of nitrogens with zero attached hydrogens (tertiary/aromatic N) is 3. The molecule has 0 saturated carbocycles. The molecule has 9 heteroatoms. The molecular weight excluding hydrogens is 428 g/mol. The van der Waals surface area contributed by atoms with E-state index in [4.69, 9.17) is 0 Å². The number of hydrogen-bond acceptors (Lipinski definition) is 5. The summed E-state index contributed by atoms with van der Waals surface area (Å²) in [6.45, 7) is 3.50. The van der Waals surface area contributed by atoms with Crippen molar-refractivity contribution in [1.29, 1.82) is 0 Å². The van der Waals surface area contributed by atoms with E-state index in [1.54, 1.807) is 30.3 Å². The maximum Gasteiger partial charge on any atom is 0.325 e. The van der Waals surface area contributed by atoms with E-state index in [1.807, 2.05) is 24.4 Å². The summed E-state index contributed by atoms with van der Waals surface area (Å²) >= 11 is 1.63. The van der Waals surface area contributed by atoms with Crippen LogP contribution in [0.25, 0.3) is 0 Å². The number of hydrogen-bond donors (Lipinski definition) is 1. The van der Waals surface area contributed by atoms with Gasteiger partial charge in [-0.2, -0.15) is 0 Å². The SMILES string of the molecule is CCCC1(C2CCN(C(=O)CCC(=O)N(C)C)CC2)NC(=O)N(CCc2cccs2)C1=O. The topological polar surface area (TPSA) is 90.0 Å². The van der Waals surface area contributed by atoms with E-state index >= 15 is 0 Å². The largest absolute Gasteiger partial charge is 0.349 e. The summed E-state index contributed by atoms with van der Waals surface area (Å²) in [4.78, 5) is 56.3. The monoisotopic (exact) mass is 462 g/mol. The van der Waals surface area contributed by atoms with Crippen LogP contribution in [0.15, 0.2) is 17.5 Å². The van der Waals surface area contributed by atoms with Crippen molar-refractivity contribution in [2.24, 2.45) is 5.92 Å². The zero-order valence-electron chi connectivity index (χ0n) is 19.3. The first-order chi connectivity index (χ1) is 15.3. The summed E-state index contributed by atoms with van der Waals surface area (Å²) in [5, 5.41) is 5.05. The molecule has 0 bridgehead atoms. The summed E-state index contributed by atoms with van der Waals surface area (Å²) in [6.07, 6.45) is 3.79. The van der Waals surface area contributed by atoms with Gasteiger partial charge in [-0.05, 0) is 43.0 Å². The number of piperidine rings is 1. The highest BCUT2D eigenvalue weighted by Crippen LogP contribution is 2.37. The van der Waals surface area contributed by atoms with Gasteiger partial charge in [-0.15, -0.1) is 11.3 Å². The van der Waals surface area contributed by atoms with Gasteiger partial charge < -0.3 is 15.1 Å². The molecule has 1 aromatic heterocycles. The zero-order chi connectivity index (χ0) is 23.3. The summed E-state index contributed by atoms with van der Waals surface area (Å²) in [6, 6.07) is 3.68. The molecule has 2 saturated heterocycles. The predicted molar refractivity (Wildman–Crippen MR) is 123 cm³/mol. The van der Waals surface area contributed by atoms with Gasteiger partial charge in [-0.3, -0.25) is 19.3 Å². The van der Waals surface area contributed by atoms with E-state index in [-0.39, 0.29) is 42.5 Å². The number of rotatable bonds is 9. The Morgan fingerprint density at radius 2 is 1.94 bits per heavy atom. The fourth-order valence-corrected chi connectivity index (χ4v) is 5.48. The maximum atomic E-state index is 13.5. The highest BCUT2D eigenvalue weighted by Gasteiger charge is 2.55. The Labute approximate surface area is 193 Å². The van der Waals surface area contributed by atoms with Crippen LogP contribution in [0.3, 0.4) is 0 Å². The first kappa shape index (κ1) is 24.2. The fourth-order valence-electron chi connectivity index (χ4n) is 4.79. The van der Waals surface area contributed by atoms with Crippen molar-refractivity contribution in [2.75, 3.05) is 33.7 Å². The Morgan fingerprint density at radius 1 is 1.22 bits per heavy atom. The first-order valence-corrected chi connectivity index (χ1v) is 12.3. The van der Waals surface area contributed by atoms with E-state index in [0.717, 1.165) is 11.3 Å². The minimum Gasteiger partial charge on any atom is -0.349 e. The molecule has 5 amide bonds. The first-order valence-electron chi connectivity index (χ1n) is 11.4. The van der Waals surface area contributed by atoms with Crippen LogP contribution in [-0.4, -0.2) is 77.7 Å². The number of thiophene rings is 1. The van der Waals surface area contributed by atoms with Gasteiger partial charge in [-0.1, -0.05) is 19.4 Å². The van der Waals surface area contributed by atoms with Crippen LogP contribution in [0.4, 0.5) is 4.79 Å². The molecule has 1 aromatic rings. The molecule has 0 aliphatic carbocycles. The van der Waals surface area contributed by atoms with Crippen LogP contribution in [0.2, 0.25) is 0 Å². The molecule has 0 aromatic carbocycles. The summed E-state index contributed by atoms with van der Waals surface area (Å²) in [5.74, 6) is -0.208. The van der Waals surface area contributed by atoms with E-state index < -0.39 is 5.54 Å². The highest BCUT2D eigenvalue weighted by atomic mass is 32.1. The van der Waals surface area contributed by atoms with Crippen LogP contribution in [0.1, 0.15) is 50.3 Å². The Kier molecular flexibility index (Phi) is 7.92.